The van der Waals surface area contributed by atoms with Crippen LogP contribution >= 0.6 is 11.6 Å². The molecule has 1 heterocycles. The van der Waals surface area contributed by atoms with Crippen LogP contribution in [-0.4, -0.2) is 23.8 Å². The molecular formula is C19H14ClN3O6. The highest BCUT2D eigenvalue weighted by Gasteiger charge is 2.18. The molecule has 2 amide bonds. The third kappa shape index (κ3) is 4.53. The van der Waals surface area contributed by atoms with Crippen molar-refractivity contribution in [3.05, 3.63) is 81.3 Å². The van der Waals surface area contributed by atoms with Crippen LogP contribution in [0, 0.1) is 10.1 Å². The molecule has 0 saturated carbocycles. The smallest absolute Gasteiger partial charge is 0.291 e. The quantitative estimate of drug-likeness (QED) is 0.455. The molecule has 0 spiro atoms. The van der Waals surface area contributed by atoms with Gasteiger partial charge in [-0.15, -0.1) is 0 Å². The molecule has 0 unspecified atom stereocenters. The second-order valence-electron chi connectivity index (χ2n) is 5.72. The Labute approximate surface area is 169 Å². The van der Waals surface area contributed by atoms with Crippen molar-refractivity contribution in [3.8, 4) is 5.75 Å². The SMILES string of the molecule is COc1ccc(NC(=O)c2ccco2)cc1NC(=O)c1cc([N+](=O)[O-])ccc1Cl. The number of nitrogens with zero attached hydrogens (tertiary/aromatic N) is 1. The van der Waals surface area contributed by atoms with Crippen molar-refractivity contribution in [2.24, 2.45) is 0 Å². The number of anilines is 2. The average molecular weight is 416 g/mol. The Hall–Kier alpha value is -3.85. The highest BCUT2D eigenvalue weighted by atomic mass is 35.5. The van der Waals surface area contributed by atoms with Crippen LogP contribution in [0.2, 0.25) is 5.02 Å². The predicted octanol–water partition coefficient (Wildman–Crippen LogP) is 4.35. The number of nitro benzene ring substituents is 1. The van der Waals surface area contributed by atoms with Crippen LogP contribution in [0.5, 0.6) is 5.75 Å². The van der Waals surface area contributed by atoms with Crippen LogP contribution in [0.4, 0.5) is 17.1 Å². The Morgan fingerprint density at radius 1 is 1.10 bits per heavy atom. The topological polar surface area (TPSA) is 124 Å². The monoisotopic (exact) mass is 415 g/mol. The van der Waals surface area contributed by atoms with Gasteiger partial charge in [0.05, 0.1) is 34.6 Å². The number of benzene rings is 2. The van der Waals surface area contributed by atoms with E-state index in [1.54, 1.807) is 18.2 Å². The lowest BCUT2D eigenvalue weighted by Crippen LogP contribution is -2.15. The lowest BCUT2D eigenvalue weighted by molar-refractivity contribution is -0.384. The van der Waals surface area contributed by atoms with Crippen LogP contribution in [0.15, 0.2) is 59.2 Å². The van der Waals surface area contributed by atoms with Crippen molar-refractivity contribution in [3.63, 3.8) is 0 Å². The number of amides is 2. The van der Waals surface area contributed by atoms with E-state index in [0.29, 0.717) is 11.4 Å². The van der Waals surface area contributed by atoms with Gasteiger partial charge in [-0.1, -0.05) is 11.6 Å². The fourth-order valence-electron chi connectivity index (χ4n) is 2.47. The summed E-state index contributed by atoms with van der Waals surface area (Å²) < 4.78 is 10.3. The Kier molecular flexibility index (Phi) is 5.79. The Balaban J connectivity index is 1.86. The molecule has 9 nitrogen and oxygen atoms in total. The molecule has 148 valence electrons. The minimum Gasteiger partial charge on any atom is -0.495 e. The zero-order valence-electron chi connectivity index (χ0n) is 15.0. The molecule has 0 fully saturated rings. The second kappa shape index (κ2) is 8.44. The first-order valence-electron chi connectivity index (χ1n) is 8.17. The fourth-order valence-corrected chi connectivity index (χ4v) is 2.68. The number of ether oxygens (including phenoxy) is 1. The van der Waals surface area contributed by atoms with Crippen molar-refractivity contribution in [1.82, 2.24) is 0 Å². The first-order valence-corrected chi connectivity index (χ1v) is 8.55. The van der Waals surface area contributed by atoms with Gasteiger partial charge in [-0.25, -0.2) is 0 Å². The van der Waals surface area contributed by atoms with Gasteiger partial charge in [-0.05, 0) is 36.4 Å². The molecule has 0 aliphatic rings. The summed E-state index contributed by atoms with van der Waals surface area (Å²) in [5.74, 6) is -0.712. The molecule has 0 saturated heterocycles. The van der Waals surface area contributed by atoms with Crippen LogP contribution in [-0.2, 0) is 0 Å². The summed E-state index contributed by atoms with van der Waals surface area (Å²) in [7, 11) is 1.41. The van der Waals surface area contributed by atoms with Crippen LogP contribution < -0.4 is 15.4 Å². The first kappa shape index (κ1) is 19.9. The molecular weight excluding hydrogens is 402 g/mol. The number of halogens is 1. The Morgan fingerprint density at radius 3 is 2.55 bits per heavy atom. The lowest BCUT2D eigenvalue weighted by Gasteiger charge is -2.13. The van der Waals surface area contributed by atoms with Crippen LogP contribution in [0.25, 0.3) is 0 Å². The number of furan rings is 1. The summed E-state index contributed by atoms with van der Waals surface area (Å²) >= 11 is 6.01. The van der Waals surface area contributed by atoms with E-state index >= 15 is 0 Å². The number of nitrogens with one attached hydrogen (secondary N) is 2. The highest BCUT2D eigenvalue weighted by molar-refractivity contribution is 6.34. The van der Waals surface area contributed by atoms with Crippen LogP contribution in [0.3, 0.4) is 0 Å². The fraction of sp³-hybridized carbons (Fsp3) is 0.0526. The number of non-ortho nitro benzene ring substituents is 1. The molecule has 0 aliphatic carbocycles. The molecule has 0 radical (unpaired) electrons. The van der Waals surface area contributed by atoms with Gasteiger partial charge in [0.1, 0.15) is 5.75 Å². The number of methoxy groups -OCH3 is 1. The van der Waals surface area contributed by atoms with E-state index < -0.39 is 16.7 Å². The summed E-state index contributed by atoms with van der Waals surface area (Å²) in [6.07, 6.45) is 1.37. The first-order chi connectivity index (χ1) is 13.9. The van der Waals surface area contributed by atoms with Crippen molar-refractivity contribution >= 4 is 40.5 Å². The summed E-state index contributed by atoms with van der Waals surface area (Å²) in [4.78, 5) is 35.1. The van der Waals surface area contributed by atoms with Gasteiger partial charge in [-0.3, -0.25) is 19.7 Å². The number of carbonyl (C=O) groups excluding carboxylic acids is 2. The van der Waals surface area contributed by atoms with Crippen LogP contribution in [0.1, 0.15) is 20.9 Å². The summed E-state index contributed by atoms with van der Waals surface area (Å²) in [6.45, 7) is 0. The molecule has 0 atom stereocenters. The van der Waals surface area contributed by atoms with E-state index in [9.17, 15) is 19.7 Å². The average Bonchev–Trinajstić information content (AvgIpc) is 3.23. The van der Waals surface area contributed by atoms with Crippen molar-refractivity contribution in [2.75, 3.05) is 17.7 Å². The van der Waals surface area contributed by atoms with E-state index in [4.69, 9.17) is 20.8 Å². The molecule has 29 heavy (non-hydrogen) atoms. The van der Waals surface area contributed by atoms with Crippen molar-refractivity contribution in [2.45, 2.75) is 0 Å². The second-order valence-corrected chi connectivity index (χ2v) is 6.13. The standard InChI is InChI=1S/C19H14ClN3O6/c1-28-16-7-4-11(21-19(25)17-3-2-8-29-17)9-15(16)22-18(24)13-10-12(23(26)27)5-6-14(13)20/h2-10H,1H3,(H,21,25)(H,22,24). The van der Waals surface area contributed by atoms with Gasteiger partial charge >= 0.3 is 0 Å². The zero-order chi connectivity index (χ0) is 21.0. The molecule has 3 aromatic rings. The summed E-state index contributed by atoms with van der Waals surface area (Å²) in [6, 6.07) is 11.2. The van der Waals surface area contributed by atoms with Crippen molar-refractivity contribution < 1.29 is 23.7 Å². The van der Waals surface area contributed by atoms with Gasteiger partial charge in [0.25, 0.3) is 17.5 Å². The summed E-state index contributed by atoms with van der Waals surface area (Å²) in [5, 5.41) is 16.2. The number of hydrogen-bond acceptors (Lipinski definition) is 6. The number of hydrogen-bond donors (Lipinski definition) is 2. The Morgan fingerprint density at radius 2 is 1.90 bits per heavy atom. The minimum atomic E-state index is -0.675. The zero-order valence-corrected chi connectivity index (χ0v) is 15.7. The number of carbonyl (C=O) groups is 2. The highest BCUT2D eigenvalue weighted by Crippen LogP contribution is 2.30. The number of rotatable bonds is 6. The largest absolute Gasteiger partial charge is 0.495 e. The maximum Gasteiger partial charge on any atom is 0.291 e. The minimum absolute atomic E-state index is 0.0503. The molecule has 3 rings (SSSR count). The van der Waals surface area contributed by atoms with Gasteiger partial charge in [0.2, 0.25) is 0 Å². The van der Waals surface area contributed by atoms with Gasteiger partial charge < -0.3 is 19.8 Å². The third-order valence-corrected chi connectivity index (χ3v) is 4.19. The van der Waals surface area contributed by atoms with Crippen molar-refractivity contribution in [1.29, 1.82) is 0 Å². The lowest BCUT2D eigenvalue weighted by atomic mass is 10.1. The predicted molar refractivity (Wildman–Crippen MR) is 106 cm³/mol. The summed E-state index contributed by atoms with van der Waals surface area (Å²) in [5.41, 5.74) is 0.254. The van der Waals surface area contributed by atoms with E-state index in [2.05, 4.69) is 10.6 Å². The molecule has 1 aromatic heterocycles. The van der Waals surface area contributed by atoms with Gasteiger partial charge in [0, 0.05) is 17.8 Å². The van der Waals surface area contributed by atoms with E-state index in [1.807, 2.05) is 0 Å². The van der Waals surface area contributed by atoms with E-state index in [-0.39, 0.29) is 27.7 Å². The maximum atomic E-state index is 12.6. The normalized spacial score (nSPS) is 10.3. The maximum absolute atomic E-state index is 12.6. The van der Waals surface area contributed by atoms with Gasteiger partial charge in [0.15, 0.2) is 5.76 Å². The van der Waals surface area contributed by atoms with Gasteiger partial charge in [-0.2, -0.15) is 0 Å². The van der Waals surface area contributed by atoms with E-state index in [0.717, 1.165) is 6.07 Å². The molecule has 10 heteroatoms. The third-order valence-electron chi connectivity index (χ3n) is 3.86. The number of nitro groups is 1. The molecule has 2 N–H and O–H groups in total. The molecule has 0 aliphatic heterocycles. The molecule has 2 aromatic carbocycles. The molecule has 0 bridgehead atoms. The van der Waals surface area contributed by atoms with E-state index in [1.165, 1.54) is 37.6 Å². The Bertz CT molecular complexity index is 1080.